The maximum absolute atomic E-state index is 12.5. The Bertz CT molecular complexity index is 786. The monoisotopic (exact) mass is 308 g/mol. The Hall–Kier alpha value is -2.64. The van der Waals surface area contributed by atoms with Crippen LogP contribution >= 0.6 is 7.80 Å². The average Bonchev–Trinajstić information content (AvgIpc) is 2.56. The van der Waals surface area contributed by atoms with Crippen LogP contribution in [0.3, 0.4) is 0 Å². The second-order valence-corrected chi connectivity index (χ2v) is 6.42. The summed E-state index contributed by atoms with van der Waals surface area (Å²) in [4.78, 5) is 0. The van der Waals surface area contributed by atoms with Crippen LogP contribution in [0.15, 0.2) is 78.9 Å². The van der Waals surface area contributed by atoms with Gasteiger partial charge in [-0.2, -0.15) is 0 Å². The van der Waals surface area contributed by atoms with Gasteiger partial charge in [0.2, 0.25) is 0 Å². The standard InChI is InChI=1S/C18H15NO2P/c19-14-5-4-6-16(13-14)21-15-9-11-18(12-10-15)22(20)17-7-2-1-3-8-17/h1-13H,19H2/q+1. The van der Waals surface area contributed by atoms with Crippen molar-refractivity contribution in [2.45, 2.75) is 0 Å². The molecule has 0 radical (unpaired) electrons. The van der Waals surface area contributed by atoms with E-state index in [1.807, 2.05) is 66.7 Å². The van der Waals surface area contributed by atoms with Crippen LogP contribution in [0, 0.1) is 0 Å². The van der Waals surface area contributed by atoms with Crippen LogP contribution in [0.25, 0.3) is 0 Å². The maximum Gasteiger partial charge on any atom is 0.415 e. The molecule has 0 amide bonds. The van der Waals surface area contributed by atoms with Crippen molar-refractivity contribution in [3.8, 4) is 11.5 Å². The highest BCUT2D eigenvalue weighted by Gasteiger charge is 2.22. The Labute approximate surface area is 130 Å². The van der Waals surface area contributed by atoms with Gasteiger partial charge in [-0.05, 0) is 48.5 Å². The maximum atomic E-state index is 12.5. The Kier molecular flexibility index (Phi) is 4.17. The zero-order valence-electron chi connectivity index (χ0n) is 11.8. The van der Waals surface area contributed by atoms with Crippen LogP contribution in [0.2, 0.25) is 0 Å². The Balaban J connectivity index is 1.77. The molecule has 0 fully saturated rings. The molecule has 2 N–H and O–H groups in total. The molecule has 0 bridgehead atoms. The lowest BCUT2D eigenvalue weighted by Gasteiger charge is -2.05. The average molecular weight is 308 g/mol. The number of ether oxygens (including phenoxy) is 1. The van der Waals surface area contributed by atoms with E-state index in [4.69, 9.17) is 10.5 Å². The van der Waals surface area contributed by atoms with Crippen molar-refractivity contribution in [2.75, 3.05) is 5.73 Å². The third-order valence-electron chi connectivity index (χ3n) is 3.16. The van der Waals surface area contributed by atoms with Gasteiger partial charge in [0.1, 0.15) is 11.5 Å². The van der Waals surface area contributed by atoms with Crippen LogP contribution in [0.4, 0.5) is 5.69 Å². The molecule has 0 aliphatic heterocycles. The summed E-state index contributed by atoms with van der Waals surface area (Å²) >= 11 is 0. The highest BCUT2D eigenvalue weighted by molar-refractivity contribution is 7.61. The summed E-state index contributed by atoms with van der Waals surface area (Å²) in [6.45, 7) is 0. The molecule has 0 heterocycles. The van der Waals surface area contributed by atoms with Gasteiger partial charge in [0.25, 0.3) is 0 Å². The molecule has 4 heteroatoms. The number of anilines is 1. The fourth-order valence-corrected chi connectivity index (χ4v) is 3.24. The minimum atomic E-state index is -1.57. The van der Waals surface area contributed by atoms with Crippen LogP contribution in [-0.2, 0) is 4.57 Å². The topological polar surface area (TPSA) is 52.3 Å². The predicted molar refractivity (Wildman–Crippen MR) is 90.7 cm³/mol. The molecule has 0 aliphatic rings. The second kappa shape index (κ2) is 6.42. The quantitative estimate of drug-likeness (QED) is 0.588. The molecule has 3 nitrogen and oxygen atoms in total. The third-order valence-corrected chi connectivity index (χ3v) is 4.69. The molecule has 3 aromatic rings. The largest absolute Gasteiger partial charge is 0.457 e. The molecule has 0 saturated carbocycles. The van der Waals surface area contributed by atoms with Crippen LogP contribution in [0.5, 0.6) is 11.5 Å². The SMILES string of the molecule is Nc1cccc(Oc2ccc([P+](=O)c3ccccc3)cc2)c1. The van der Waals surface area contributed by atoms with Crippen molar-refractivity contribution in [3.05, 3.63) is 78.9 Å². The normalized spacial score (nSPS) is 11.0. The van der Waals surface area contributed by atoms with E-state index in [9.17, 15) is 4.57 Å². The number of nitrogens with two attached hydrogens (primary N) is 1. The van der Waals surface area contributed by atoms with Crippen molar-refractivity contribution < 1.29 is 9.30 Å². The number of hydrogen-bond donors (Lipinski definition) is 1. The second-order valence-electron chi connectivity index (χ2n) is 4.80. The van der Waals surface area contributed by atoms with Gasteiger partial charge in [-0.25, -0.2) is 0 Å². The van der Waals surface area contributed by atoms with Gasteiger partial charge in [0, 0.05) is 11.8 Å². The first-order valence-electron chi connectivity index (χ1n) is 6.88. The summed E-state index contributed by atoms with van der Waals surface area (Å²) in [6.07, 6.45) is 0. The fourth-order valence-electron chi connectivity index (χ4n) is 2.08. The summed E-state index contributed by atoms with van der Waals surface area (Å²) in [7, 11) is -1.57. The van der Waals surface area contributed by atoms with Crippen LogP contribution in [0.1, 0.15) is 0 Å². The zero-order chi connectivity index (χ0) is 15.4. The summed E-state index contributed by atoms with van der Waals surface area (Å²) in [5.74, 6) is 1.37. The minimum Gasteiger partial charge on any atom is -0.457 e. The van der Waals surface area contributed by atoms with Gasteiger partial charge in [0.05, 0.1) is 0 Å². The first-order valence-corrected chi connectivity index (χ1v) is 8.14. The number of nitrogen functional groups attached to an aromatic ring is 1. The molecule has 108 valence electrons. The first-order chi connectivity index (χ1) is 10.7. The van der Waals surface area contributed by atoms with Gasteiger partial charge in [-0.3, -0.25) is 0 Å². The predicted octanol–water partition coefficient (Wildman–Crippen LogP) is 3.84. The Morgan fingerprint density at radius 1 is 0.727 bits per heavy atom. The van der Waals surface area contributed by atoms with Crippen molar-refractivity contribution >= 4 is 24.1 Å². The molecular weight excluding hydrogens is 293 g/mol. The molecule has 0 spiro atoms. The van der Waals surface area contributed by atoms with E-state index in [-0.39, 0.29) is 0 Å². The lowest BCUT2D eigenvalue weighted by atomic mass is 10.3. The highest BCUT2D eigenvalue weighted by Crippen LogP contribution is 2.25. The molecule has 3 rings (SSSR count). The van der Waals surface area contributed by atoms with E-state index < -0.39 is 7.80 Å². The van der Waals surface area contributed by atoms with Crippen molar-refractivity contribution in [1.82, 2.24) is 0 Å². The first kappa shape index (κ1) is 14.3. The number of benzene rings is 3. The summed E-state index contributed by atoms with van der Waals surface area (Å²) in [5, 5.41) is 1.60. The van der Waals surface area contributed by atoms with Crippen molar-refractivity contribution in [1.29, 1.82) is 0 Å². The smallest absolute Gasteiger partial charge is 0.415 e. The van der Waals surface area contributed by atoms with Crippen molar-refractivity contribution in [3.63, 3.8) is 0 Å². The Morgan fingerprint density at radius 3 is 2.09 bits per heavy atom. The lowest BCUT2D eigenvalue weighted by Crippen LogP contribution is -2.05. The lowest BCUT2D eigenvalue weighted by molar-refractivity contribution is 0.483. The molecule has 3 aromatic carbocycles. The molecule has 22 heavy (non-hydrogen) atoms. The van der Waals surface area contributed by atoms with Gasteiger partial charge >= 0.3 is 7.80 Å². The molecule has 0 aromatic heterocycles. The van der Waals surface area contributed by atoms with Gasteiger partial charge in [-0.15, -0.1) is 0 Å². The van der Waals surface area contributed by atoms with E-state index >= 15 is 0 Å². The Morgan fingerprint density at radius 2 is 1.41 bits per heavy atom. The molecule has 1 unspecified atom stereocenters. The molecule has 1 atom stereocenters. The van der Waals surface area contributed by atoms with E-state index in [1.165, 1.54) is 0 Å². The van der Waals surface area contributed by atoms with Crippen LogP contribution < -0.4 is 21.1 Å². The van der Waals surface area contributed by atoms with E-state index in [0.29, 0.717) is 17.2 Å². The van der Waals surface area contributed by atoms with Gasteiger partial charge < -0.3 is 10.5 Å². The number of hydrogen-bond acceptors (Lipinski definition) is 3. The molecular formula is C18H15NO2P+. The van der Waals surface area contributed by atoms with E-state index in [2.05, 4.69) is 0 Å². The fraction of sp³-hybridized carbons (Fsp3) is 0. The van der Waals surface area contributed by atoms with E-state index in [0.717, 1.165) is 10.6 Å². The van der Waals surface area contributed by atoms with Gasteiger partial charge in [-0.1, -0.05) is 28.8 Å². The summed E-state index contributed by atoms with van der Waals surface area (Å²) in [5.41, 5.74) is 6.38. The molecule has 0 aliphatic carbocycles. The van der Waals surface area contributed by atoms with Crippen molar-refractivity contribution in [2.24, 2.45) is 0 Å². The zero-order valence-corrected chi connectivity index (χ0v) is 12.7. The number of rotatable bonds is 4. The van der Waals surface area contributed by atoms with Crippen LogP contribution in [-0.4, -0.2) is 0 Å². The van der Waals surface area contributed by atoms with Gasteiger partial charge in [0.15, 0.2) is 10.6 Å². The minimum absolute atomic E-state index is 0.654. The third kappa shape index (κ3) is 3.33. The highest BCUT2D eigenvalue weighted by atomic mass is 31.1. The summed E-state index contributed by atoms with van der Waals surface area (Å²) < 4.78 is 18.2. The summed E-state index contributed by atoms with van der Waals surface area (Å²) in [6, 6.07) is 24.0. The molecule has 0 saturated heterocycles. The van der Waals surface area contributed by atoms with E-state index in [1.54, 1.807) is 12.1 Å².